The summed E-state index contributed by atoms with van der Waals surface area (Å²) in [6.07, 6.45) is 0. The number of rotatable bonds is 8. The van der Waals surface area contributed by atoms with Crippen LogP contribution in [0.25, 0.3) is 66.4 Å². The average molecular weight is 676 g/mol. The minimum Gasteiger partial charge on any atom is -0.310 e. The molecule has 0 amide bonds. The molecule has 250 valence electrons. The van der Waals surface area contributed by atoms with Gasteiger partial charge < -0.3 is 4.90 Å². The number of anilines is 3. The predicted molar refractivity (Wildman–Crippen MR) is 226 cm³/mol. The minimum atomic E-state index is 1.09. The van der Waals surface area contributed by atoms with Crippen molar-refractivity contribution in [3.8, 4) is 55.6 Å². The van der Waals surface area contributed by atoms with Crippen molar-refractivity contribution in [1.29, 1.82) is 0 Å². The quantitative estimate of drug-likeness (QED) is 0.155. The van der Waals surface area contributed by atoms with E-state index in [1.807, 2.05) is 0 Å². The number of para-hydroxylation sites is 1. The monoisotopic (exact) mass is 675 g/mol. The highest BCUT2D eigenvalue weighted by molar-refractivity contribution is 5.98. The molecule has 9 rings (SSSR count). The fraction of sp³-hybridized carbons (Fsp3) is 0. The summed E-state index contributed by atoms with van der Waals surface area (Å²) in [5, 5.41) is 2.49. The zero-order valence-corrected chi connectivity index (χ0v) is 29.3. The molecule has 9 aromatic rings. The lowest BCUT2D eigenvalue weighted by molar-refractivity contribution is 1.28. The first-order chi connectivity index (χ1) is 26.3. The van der Waals surface area contributed by atoms with E-state index in [-0.39, 0.29) is 0 Å². The molecule has 0 aliphatic heterocycles. The maximum absolute atomic E-state index is 2.40. The topological polar surface area (TPSA) is 3.24 Å². The van der Waals surface area contributed by atoms with Crippen LogP contribution in [0.4, 0.5) is 17.1 Å². The highest BCUT2D eigenvalue weighted by Crippen LogP contribution is 2.43. The molecule has 0 fully saturated rings. The maximum atomic E-state index is 2.40. The molecular weight excluding hydrogens is 639 g/mol. The van der Waals surface area contributed by atoms with Crippen LogP contribution in [0.1, 0.15) is 0 Å². The Hall–Kier alpha value is -6.96. The Morgan fingerprint density at radius 3 is 1.47 bits per heavy atom. The van der Waals surface area contributed by atoms with Gasteiger partial charge in [0.05, 0.1) is 5.69 Å². The summed E-state index contributed by atoms with van der Waals surface area (Å²) in [7, 11) is 0. The predicted octanol–water partition coefficient (Wildman–Crippen LogP) is 14.6. The van der Waals surface area contributed by atoms with Crippen LogP contribution in [0.5, 0.6) is 0 Å². The number of benzene rings is 9. The third kappa shape index (κ3) is 6.53. The first-order valence-corrected chi connectivity index (χ1v) is 18.2. The van der Waals surface area contributed by atoms with E-state index in [0.717, 1.165) is 17.1 Å². The Morgan fingerprint density at radius 2 is 0.717 bits per heavy atom. The molecule has 9 aromatic carbocycles. The van der Waals surface area contributed by atoms with Gasteiger partial charge in [0.2, 0.25) is 0 Å². The van der Waals surface area contributed by atoms with Gasteiger partial charge in [-0.25, -0.2) is 0 Å². The Labute approximate surface area is 311 Å². The first kappa shape index (κ1) is 32.0. The average Bonchev–Trinajstić information content (AvgIpc) is 3.25. The molecule has 0 saturated carbocycles. The molecule has 1 heteroatoms. The number of hydrogen-bond donors (Lipinski definition) is 0. The van der Waals surface area contributed by atoms with Gasteiger partial charge in [0, 0.05) is 16.9 Å². The number of nitrogens with zero attached hydrogens (tertiary/aromatic N) is 1. The van der Waals surface area contributed by atoms with E-state index in [9.17, 15) is 0 Å². The summed E-state index contributed by atoms with van der Waals surface area (Å²) in [4.78, 5) is 2.40. The Morgan fingerprint density at radius 1 is 0.245 bits per heavy atom. The van der Waals surface area contributed by atoms with Gasteiger partial charge in [-0.1, -0.05) is 188 Å². The van der Waals surface area contributed by atoms with E-state index >= 15 is 0 Å². The summed E-state index contributed by atoms with van der Waals surface area (Å²) in [5.41, 5.74) is 15.3. The standard InChI is InChI=1S/C52H37N/c1-3-14-38(15-4-1)40-28-30-43(31-29-40)51-25-9-10-27-52(51)53(48-23-12-22-46(37-48)50-26-13-19-42-18-7-8-24-49(42)50)47-34-32-41(33-35-47)45-21-11-20-44(36-45)39-16-5-2-6-17-39/h1-37H. The smallest absolute Gasteiger partial charge is 0.0540 e. The van der Waals surface area contributed by atoms with Gasteiger partial charge in [0.1, 0.15) is 0 Å². The fourth-order valence-electron chi connectivity index (χ4n) is 7.41. The van der Waals surface area contributed by atoms with Crippen LogP contribution in [0, 0.1) is 0 Å². The molecule has 0 unspecified atom stereocenters. The molecule has 0 atom stereocenters. The molecular formula is C52H37N. The first-order valence-electron chi connectivity index (χ1n) is 18.2. The zero-order valence-electron chi connectivity index (χ0n) is 29.3. The molecule has 0 radical (unpaired) electrons. The largest absolute Gasteiger partial charge is 0.310 e. The Kier molecular flexibility index (Phi) is 8.66. The second-order valence-corrected chi connectivity index (χ2v) is 13.4. The maximum Gasteiger partial charge on any atom is 0.0540 e. The van der Waals surface area contributed by atoms with Gasteiger partial charge in [0.25, 0.3) is 0 Å². The fourth-order valence-corrected chi connectivity index (χ4v) is 7.41. The van der Waals surface area contributed by atoms with E-state index in [4.69, 9.17) is 0 Å². The lowest BCUT2D eigenvalue weighted by atomic mass is 9.96. The molecule has 53 heavy (non-hydrogen) atoms. The molecule has 0 N–H and O–H groups in total. The minimum absolute atomic E-state index is 1.09. The van der Waals surface area contributed by atoms with Gasteiger partial charge in [-0.15, -0.1) is 0 Å². The van der Waals surface area contributed by atoms with Crippen molar-refractivity contribution in [3.63, 3.8) is 0 Å². The van der Waals surface area contributed by atoms with Gasteiger partial charge in [-0.2, -0.15) is 0 Å². The van der Waals surface area contributed by atoms with Crippen LogP contribution in [0.15, 0.2) is 224 Å². The Bertz CT molecular complexity index is 2640. The van der Waals surface area contributed by atoms with E-state index in [2.05, 4.69) is 229 Å². The second-order valence-electron chi connectivity index (χ2n) is 13.4. The zero-order chi connectivity index (χ0) is 35.4. The lowest BCUT2D eigenvalue weighted by Gasteiger charge is -2.28. The molecule has 0 heterocycles. The summed E-state index contributed by atoms with van der Waals surface area (Å²) in [5.74, 6) is 0. The molecule has 0 bridgehead atoms. The highest BCUT2D eigenvalue weighted by atomic mass is 15.1. The number of hydrogen-bond acceptors (Lipinski definition) is 1. The van der Waals surface area contributed by atoms with Gasteiger partial charge in [-0.3, -0.25) is 0 Å². The molecule has 0 aromatic heterocycles. The van der Waals surface area contributed by atoms with Crippen LogP contribution < -0.4 is 4.90 Å². The van der Waals surface area contributed by atoms with Gasteiger partial charge in [0.15, 0.2) is 0 Å². The number of fused-ring (bicyclic) bond motifs is 1. The van der Waals surface area contributed by atoms with E-state index < -0.39 is 0 Å². The van der Waals surface area contributed by atoms with Crippen molar-refractivity contribution in [2.24, 2.45) is 0 Å². The van der Waals surface area contributed by atoms with Crippen molar-refractivity contribution in [2.45, 2.75) is 0 Å². The van der Waals surface area contributed by atoms with Crippen molar-refractivity contribution < 1.29 is 0 Å². The van der Waals surface area contributed by atoms with Crippen molar-refractivity contribution >= 4 is 27.8 Å². The summed E-state index contributed by atoms with van der Waals surface area (Å²) < 4.78 is 0. The van der Waals surface area contributed by atoms with Gasteiger partial charge >= 0.3 is 0 Å². The van der Waals surface area contributed by atoms with Crippen LogP contribution in [-0.4, -0.2) is 0 Å². The lowest BCUT2D eigenvalue weighted by Crippen LogP contribution is -2.11. The molecule has 0 saturated heterocycles. The second kappa shape index (κ2) is 14.3. The summed E-state index contributed by atoms with van der Waals surface area (Å²) in [6.45, 7) is 0. The molecule has 0 aliphatic rings. The van der Waals surface area contributed by atoms with Crippen molar-refractivity contribution in [1.82, 2.24) is 0 Å². The van der Waals surface area contributed by atoms with Crippen LogP contribution in [0.2, 0.25) is 0 Å². The summed E-state index contributed by atoms with van der Waals surface area (Å²) >= 11 is 0. The van der Waals surface area contributed by atoms with E-state index in [1.165, 1.54) is 66.4 Å². The normalized spacial score (nSPS) is 11.0. The third-order valence-corrected chi connectivity index (χ3v) is 10.1. The van der Waals surface area contributed by atoms with Crippen LogP contribution >= 0.6 is 0 Å². The SMILES string of the molecule is c1ccc(-c2ccc(-c3ccccc3N(c3ccc(-c4cccc(-c5ccccc5)c4)cc3)c3cccc(-c4cccc5ccccc45)c3)cc2)cc1. The molecule has 0 spiro atoms. The molecule has 0 aliphatic carbocycles. The molecule has 1 nitrogen and oxygen atoms in total. The van der Waals surface area contributed by atoms with Crippen LogP contribution in [0.3, 0.4) is 0 Å². The Balaban J connectivity index is 1.16. The van der Waals surface area contributed by atoms with Gasteiger partial charge in [-0.05, 0) is 97.2 Å². The highest BCUT2D eigenvalue weighted by Gasteiger charge is 2.18. The van der Waals surface area contributed by atoms with Crippen LogP contribution in [-0.2, 0) is 0 Å². The van der Waals surface area contributed by atoms with Crippen molar-refractivity contribution in [3.05, 3.63) is 224 Å². The van der Waals surface area contributed by atoms with Crippen molar-refractivity contribution in [2.75, 3.05) is 4.90 Å². The van der Waals surface area contributed by atoms with E-state index in [0.29, 0.717) is 0 Å². The summed E-state index contributed by atoms with van der Waals surface area (Å²) in [6, 6.07) is 80.8. The van der Waals surface area contributed by atoms with E-state index in [1.54, 1.807) is 0 Å². The third-order valence-electron chi connectivity index (χ3n) is 10.1.